The number of nitrogens with zero attached hydrogens (tertiary/aromatic N) is 5. The number of pyridine rings is 1. The summed E-state index contributed by atoms with van der Waals surface area (Å²) in [6, 6.07) is 17.2. The van der Waals surface area contributed by atoms with Gasteiger partial charge in [-0.3, -0.25) is 9.78 Å². The minimum absolute atomic E-state index is 0.0577. The number of allylic oxidation sites excluding steroid dienone is 1. The highest BCUT2D eigenvalue weighted by Crippen LogP contribution is 2.51. The summed E-state index contributed by atoms with van der Waals surface area (Å²) in [5.74, 6) is 1.52. The number of aliphatic hydroxyl groups is 1. The molecule has 1 fully saturated rings. The summed E-state index contributed by atoms with van der Waals surface area (Å²) < 4.78 is 0. The van der Waals surface area contributed by atoms with E-state index in [1.807, 2.05) is 6.07 Å². The summed E-state index contributed by atoms with van der Waals surface area (Å²) >= 11 is 8.08. The zero-order chi connectivity index (χ0) is 33.4. The van der Waals surface area contributed by atoms with Gasteiger partial charge < -0.3 is 26.0 Å². The summed E-state index contributed by atoms with van der Waals surface area (Å²) in [5, 5.41) is 14.8. The van der Waals surface area contributed by atoms with E-state index in [-0.39, 0.29) is 33.5 Å². The Kier molecular flexibility index (Phi) is 8.53. The number of piperidine rings is 1. The van der Waals surface area contributed by atoms with E-state index in [0.29, 0.717) is 26.7 Å². The van der Waals surface area contributed by atoms with Gasteiger partial charge in [0.15, 0.2) is 5.94 Å². The third-order valence-corrected chi connectivity index (χ3v) is 10.9. The molecule has 1 aliphatic carbocycles. The van der Waals surface area contributed by atoms with E-state index >= 15 is 0 Å². The summed E-state index contributed by atoms with van der Waals surface area (Å²) in [6.07, 6.45) is 11.2. The Morgan fingerprint density at radius 1 is 1.08 bits per heavy atom. The topological polar surface area (TPSA) is 138 Å². The van der Waals surface area contributed by atoms with Crippen molar-refractivity contribution in [2.75, 3.05) is 30.4 Å². The highest BCUT2D eigenvalue weighted by atomic mass is 35.5. The molecule has 1 spiro atoms. The minimum Gasteiger partial charge on any atom is -0.506 e. The predicted octanol–water partition coefficient (Wildman–Crippen LogP) is 5.97. The van der Waals surface area contributed by atoms with Crippen LogP contribution in [0.5, 0.6) is 0 Å². The number of benzene rings is 2. The number of carbonyl (C=O) groups is 1. The van der Waals surface area contributed by atoms with Crippen LogP contribution in [0.25, 0.3) is 5.57 Å². The van der Waals surface area contributed by atoms with Crippen LogP contribution in [0, 0.1) is 5.41 Å². The number of fused-ring (bicyclic) bond motifs is 1. The molecule has 4 heterocycles. The lowest BCUT2D eigenvalue weighted by Crippen LogP contribution is -2.44. The maximum Gasteiger partial charge on any atom is 0.262 e. The molecule has 48 heavy (non-hydrogen) atoms. The van der Waals surface area contributed by atoms with E-state index in [9.17, 15) is 14.7 Å². The Morgan fingerprint density at radius 2 is 1.85 bits per heavy atom. The fourth-order valence-corrected chi connectivity index (χ4v) is 7.89. The molecule has 242 valence electrons. The molecule has 12 heteroatoms. The second-order valence-corrected chi connectivity index (χ2v) is 13.6. The van der Waals surface area contributed by atoms with Crippen molar-refractivity contribution in [3.8, 4) is 0 Å². The van der Waals surface area contributed by atoms with E-state index in [0.717, 1.165) is 38.2 Å². The Bertz CT molecular complexity index is 2000. The quantitative estimate of drug-likeness (QED) is 0.209. The second-order valence-electron chi connectivity index (χ2n) is 12.2. The third kappa shape index (κ3) is 5.75. The van der Waals surface area contributed by atoms with Gasteiger partial charge in [0.05, 0.1) is 23.1 Å². The molecular formula is C36H32ClN7O3S. The smallest absolute Gasteiger partial charge is 0.262 e. The number of nitrogens with one attached hydrogen (secondary N) is 1. The Hall–Kier alpha value is -4.93. The van der Waals surface area contributed by atoms with E-state index in [4.69, 9.17) is 22.3 Å². The number of carbonyl (C=O) groups excluding carboxylic acids is 2. The summed E-state index contributed by atoms with van der Waals surface area (Å²) in [4.78, 5) is 43.1. The number of nitrogens with two attached hydrogens (primary N) is 1. The van der Waals surface area contributed by atoms with Crippen molar-refractivity contribution in [3.05, 3.63) is 124 Å². The van der Waals surface area contributed by atoms with Crippen molar-refractivity contribution in [2.24, 2.45) is 11.1 Å². The molecule has 1 saturated heterocycles. The molecule has 3 aliphatic rings. The van der Waals surface area contributed by atoms with Gasteiger partial charge in [0.1, 0.15) is 27.9 Å². The first-order valence-electron chi connectivity index (χ1n) is 15.5. The van der Waals surface area contributed by atoms with Gasteiger partial charge in [0, 0.05) is 55.2 Å². The van der Waals surface area contributed by atoms with Gasteiger partial charge >= 0.3 is 0 Å². The fourth-order valence-electron chi connectivity index (χ4n) is 6.82. The van der Waals surface area contributed by atoms with Gasteiger partial charge in [0.25, 0.3) is 5.91 Å². The van der Waals surface area contributed by atoms with Gasteiger partial charge in [-0.2, -0.15) is 0 Å². The number of amides is 1. The average molecular weight is 678 g/mol. The number of likely N-dealkylation sites (N-methyl/N-ethyl adjacent to an activating group) is 1. The normalized spacial score (nSPS) is 18.4. The molecule has 1 amide bonds. The lowest BCUT2D eigenvalue weighted by atomic mass is 9.73. The number of aliphatic hydroxyl groups excluding tert-OH is 1. The standard InChI is InChI=1S/C36H32ClN7O3S/c1-43-20-25(22-9-13-39-14-10-22)33(46)31(27(43)21-45)35(47)42-26-7-4-8-28(32(26)37)48-30-19-40-29(18-41-30)44-15-11-36(12-16-44)17-23-5-2-3-6-24(23)34(36)38/h2-10,13-14,18-20,34,46H,11-12,15-17,38H2,1H3,(H,42,47)/t34-/m1/s1. The van der Waals surface area contributed by atoms with Crippen molar-refractivity contribution in [1.29, 1.82) is 0 Å². The maximum absolute atomic E-state index is 13.5. The molecule has 7 rings (SSSR count). The van der Waals surface area contributed by atoms with Gasteiger partial charge in [-0.25, -0.2) is 14.8 Å². The van der Waals surface area contributed by atoms with Gasteiger partial charge in [-0.15, -0.1) is 0 Å². The number of hydrogen-bond donors (Lipinski definition) is 3. The lowest BCUT2D eigenvalue weighted by molar-refractivity contribution is -0.112. The van der Waals surface area contributed by atoms with Crippen molar-refractivity contribution >= 4 is 52.3 Å². The van der Waals surface area contributed by atoms with Crippen molar-refractivity contribution < 1.29 is 14.7 Å². The molecule has 0 saturated carbocycles. The molecule has 0 radical (unpaired) electrons. The van der Waals surface area contributed by atoms with Gasteiger partial charge in [-0.1, -0.05) is 53.7 Å². The lowest BCUT2D eigenvalue weighted by Gasteiger charge is -2.42. The maximum atomic E-state index is 13.5. The number of hydrogen-bond acceptors (Lipinski definition) is 10. The molecule has 2 aromatic heterocycles. The largest absolute Gasteiger partial charge is 0.506 e. The predicted molar refractivity (Wildman–Crippen MR) is 186 cm³/mol. The van der Waals surface area contributed by atoms with Crippen LogP contribution >= 0.6 is 23.4 Å². The minimum atomic E-state index is -0.712. The summed E-state index contributed by atoms with van der Waals surface area (Å²) in [5.41, 5.74) is 10.4. The zero-order valence-corrected chi connectivity index (χ0v) is 27.6. The molecule has 2 aliphatic heterocycles. The zero-order valence-electron chi connectivity index (χ0n) is 26.1. The average Bonchev–Trinajstić information content (AvgIpc) is 3.38. The molecular weight excluding hydrogens is 646 g/mol. The van der Waals surface area contributed by atoms with Crippen LogP contribution in [0.3, 0.4) is 0 Å². The van der Waals surface area contributed by atoms with Crippen LogP contribution in [0.1, 0.15) is 35.6 Å². The number of aromatic nitrogens is 3. The SMILES string of the molecule is CN1C=C(c2ccncc2)C(O)=C(C(=O)Nc2cccc(Sc3cnc(N4CCC5(CC4)Cc4ccccc4[C@H]5N)cn3)c2Cl)C1=C=O. The molecule has 4 N–H and O–H groups in total. The molecule has 10 nitrogen and oxygen atoms in total. The number of anilines is 2. The highest BCUT2D eigenvalue weighted by molar-refractivity contribution is 7.99. The van der Waals surface area contributed by atoms with Crippen molar-refractivity contribution in [3.63, 3.8) is 0 Å². The van der Waals surface area contributed by atoms with Crippen LogP contribution < -0.4 is 16.0 Å². The first kappa shape index (κ1) is 31.7. The van der Waals surface area contributed by atoms with E-state index in [1.165, 1.54) is 27.8 Å². The number of halogens is 1. The van der Waals surface area contributed by atoms with Crippen molar-refractivity contribution in [1.82, 2.24) is 19.9 Å². The van der Waals surface area contributed by atoms with E-state index < -0.39 is 5.91 Å². The monoisotopic (exact) mass is 677 g/mol. The fraction of sp³-hybridized carbons (Fsp3) is 0.222. The van der Waals surface area contributed by atoms with Crippen LogP contribution in [0.15, 0.2) is 113 Å². The first-order valence-corrected chi connectivity index (χ1v) is 16.7. The first-order chi connectivity index (χ1) is 23.3. The second kappa shape index (κ2) is 12.9. The van der Waals surface area contributed by atoms with E-state index in [2.05, 4.69) is 44.5 Å². The highest BCUT2D eigenvalue weighted by Gasteiger charge is 2.46. The Labute approximate surface area is 287 Å². The molecule has 1 atom stereocenters. The van der Waals surface area contributed by atoms with Gasteiger partial charge in [-0.05, 0) is 65.6 Å². The van der Waals surface area contributed by atoms with Crippen LogP contribution in [-0.4, -0.2) is 56.9 Å². The van der Waals surface area contributed by atoms with E-state index in [1.54, 1.807) is 68.2 Å². The van der Waals surface area contributed by atoms with Crippen LogP contribution in [-0.2, 0) is 16.0 Å². The summed E-state index contributed by atoms with van der Waals surface area (Å²) in [6.45, 7) is 1.72. The van der Waals surface area contributed by atoms with Crippen LogP contribution in [0.2, 0.25) is 5.02 Å². The van der Waals surface area contributed by atoms with Crippen LogP contribution in [0.4, 0.5) is 11.5 Å². The third-order valence-electron chi connectivity index (χ3n) is 9.44. The molecule has 0 unspecified atom stereocenters. The Balaban J connectivity index is 1.03. The molecule has 2 aromatic carbocycles. The molecule has 4 aromatic rings. The number of rotatable bonds is 6. The summed E-state index contributed by atoms with van der Waals surface area (Å²) in [7, 11) is 1.60. The van der Waals surface area contributed by atoms with Gasteiger partial charge in [0.2, 0.25) is 0 Å². The Morgan fingerprint density at radius 3 is 2.56 bits per heavy atom. The van der Waals surface area contributed by atoms with Crippen molar-refractivity contribution in [2.45, 2.75) is 35.2 Å². The molecule has 0 bridgehead atoms.